The zero-order valence-electron chi connectivity index (χ0n) is 9.54. The molecule has 0 saturated carbocycles. The van der Waals surface area contributed by atoms with Crippen molar-refractivity contribution in [2.45, 2.75) is 6.92 Å². The highest BCUT2D eigenvalue weighted by atomic mass is 16.5. The van der Waals surface area contributed by atoms with E-state index in [0.717, 1.165) is 9.31 Å². The molecule has 0 amide bonds. The second-order valence-corrected chi connectivity index (χ2v) is 3.40. The first-order chi connectivity index (χ1) is 8.13. The highest BCUT2D eigenvalue weighted by Crippen LogP contribution is 2.13. The largest absolute Gasteiger partial charge is 0.494 e. The van der Waals surface area contributed by atoms with Crippen LogP contribution in [-0.4, -0.2) is 15.9 Å². The van der Waals surface area contributed by atoms with Gasteiger partial charge >= 0.3 is 11.4 Å². The van der Waals surface area contributed by atoms with Gasteiger partial charge in [-0.15, -0.1) is 0 Å². The average molecular weight is 236 g/mol. The maximum absolute atomic E-state index is 11.6. The fourth-order valence-corrected chi connectivity index (χ4v) is 1.49. The lowest BCUT2D eigenvalue weighted by Crippen LogP contribution is -2.26. The predicted octanol–water partition coefficient (Wildman–Crippen LogP) is 0.528. The monoisotopic (exact) mass is 236 g/mol. The topological polar surface area (TPSA) is 66.4 Å². The lowest BCUT2D eigenvalue weighted by molar-refractivity contribution is 0.276. The van der Waals surface area contributed by atoms with E-state index in [0.29, 0.717) is 18.0 Å². The third-order valence-corrected chi connectivity index (χ3v) is 2.26. The molecule has 0 unspecified atom stereocenters. The van der Waals surface area contributed by atoms with Gasteiger partial charge in [-0.25, -0.2) is 9.59 Å². The lowest BCUT2D eigenvalue weighted by Gasteiger charge is -2.03. The smallest absolute Gasteiger partial charge is 0.447 e. The van der Waals surface area contributed by atoms with Crippen LogP contribution in [0.4, 0.5) is 0 Å². The third-order valence-electron chi connectivity index (χ3n) is 2.26. The van der Waals surface area contributed by atoms with Crippen LogP contribution < -0.4 is 16.2 Å². The Morgan fingerprint density at radius 2 is 1.88 bits per heavy atom. The minimum Gasteiger partial charge on any atom is -0.494 e. The quantitative estimate of drug-likeness (QED) is 0.779. The van der Waals surface area contributed by atoms with Crippen molar-refractivity contribution in [2.75, 3.05) is 6.61 Å². The first-order valence-corrected chi connectivity index (χ1v) is 5.16. The molecule has 1 aromatic carbocycles. The molecule has 0 fully saturated rings. The van der Waals surface area contributed by atoms with Gasteiger partial charge in [0, 0.05) is 0 Å². The molecule has 0 radical (unpaired) electrons. The van der Waals surface area contributed by atoms with Crippen LogP contribution >= 0.6 is 0 Å². The molecule has 2 aromatic rings. The van der Waals surface area contributed by atoms with Crippen molar-refractivity contribution in [1.82, 2.24) is 9.31 Å². The highest BCUT2D eigenvalue weighted by molar-refractivity contribution is 5.36. The standard InChI is InChI=1S/C11H12N2O4/c1-3-16-9-6-4-8(5-7-9)13-10(14)12(2)17-11(13)15/h4-7H,3H2,1-2H3. The Balaban J connectivity index is 2.47. The van der Waals surface area contributed by atoms with Crippen molar-refractivity contribution in [3.05, 3.63) is 45.3 Å². The molecule has 1 aromatic heterocycles. The second kappa shape index (κ2) is 4.32. The van der Waals surface area contributed by atoms with E-state index in [1.807, 2.05) is 6.92 Å². The van der Waals surface area contributed by atoms with Crippen molar-refractivity contribution < 1.29 is 9.26 Å². The summed E-state index contributed by atoms with van der Waals surface area (Å²) in [5, 5.41) is 0. The summed E-state index contributed by atoms with van der Waals surface area (Å²) in [7, 11) is 1.38. The van der Waals surface area contributed by atoms with Crippen molar-refractivity contribution in [3.8, 4) is 11.4 Å². The molecular weight excluding hydrogens is 224 g/mol. The van der Waals surface area contributed by atoms with E-state index in [9.17, 15) is 9.59 Å². The number of aryl methyl sites for hydroxylation is 1. The van der Waals surface area contributed by atoms with E-state index in [1.165, 1.54) is 7.05 Å². The second-order valence-electron chi connectivity index (χ2n) is 3.40. The van der Waals surface area contributed by atoms with E-state index in [1.54, 1.807) is 24.3 Å². The molecule has 0 spiro atoms. The molecule has 0 N–H and O–H groups in total. The van der Waals surface area contributed by atoms with Gasteiger partial charge < -0.3 is 9.26 Å². The summed E-state index contributed by atoms with van der Waals surface area (Å²) in [6.07, 6.45) is 0. The zero-order chi connectivity index (χ0) is 12.4. The maximum Gasteiger partial charge on any atom is 0.447 e. The van der Waals surface area contributed by atoms with Gasteiger partial charge in [-0.1, -0.05) is 0 Å². The van der Waals surface area contributed by atoms with Gasteiger partial charge in [0.2, 0.25) is 0 Å². The Labute approximate surface area is 96.6 Å². The Kier molecular flexibility index (Phi) is 2.86. The first kappa shape index (κ1) is 11.3. The van der Waals surface area contributed by atoms with Gasteiger partial charge in [0.05, 0.1) is 19.3 Å². The Morgan fingerprint density at radius 1 is 1.24 bits per heavy atom. The molecule has 2 rings (SSSR count). The lowest BCUT2D eigenvalue weighted by atomic mass is 10.3. The highest BCUT2D eigenvalue weighted by Gasteiger charge is 2.10. The minimum absolute atomic E-state index is 0.452. The van der Waals surface area contributed by atoms with Crippen LogP contribution in [0.25, 0.3) is 5.69 Å². The van der Waals surface area contributed by atoms with Gasteiger partial charge in [-0.3, -0.25) is 0 Å². The number of benzene rings is 1. The molecule has 0 aliphatic carbocycles. The van der Waals surface area contributed by atoms with Crippen LogP contribution in [0.5, 0.6) is 5.75 Å². The predicted molar refractivity (Wildman–Crippen MR) is 60.7 cm³/mol. The van der Waals surface area contributed by atoms with Gasteiger partial charge in [0.25, 0.3) is 0 Å². The third kappa shape index (κ3) is 2.01. The number of aromatic nitrogens is 2. The minimum atomic E-state index is -0.707. The number of hydrogen-bond acceptors (Lipinski definition) is 4. The van der Waals surface area contributed by atoms with E-state index in [4.69, 9.17) is 4.74 Å². The zero-order valence-corrected chi connectivity index (χ0v) is 9.54. The molecule has 6 nitrogen and oxygen atoms in total. The summed E-state index contributed by atoms with van der Waals surface area (Å²) in [4.78, 5) is 23.0. The number of rotatable bonds is 3. The summed E-state index contributed by atoms with van der Waals surface area (Å²) in [5.74, 6) is -0.0220. The molecule has 0 aliphatic rings. The summed E-state index contributed by atoms with van der Waals surface area (Å²) in [6, 6.07) is 6.64. The molecule has 6 heteroatoms. The first-order valence-electron chi connectivity index (χ1n) is 5.16. The van der Waals surface area contributed by atoms with Crippen molar-refractivity contribution in [3.63, 3.8) is 0 Å². The van der Waals surface area contributed by atoms with Crippen LogP contribution in [0.15, 0.2) is 38.4 Å². The molecule has 0 aliphatic heterocycles. The Hall–Kier alpha value is -2.24. The number of hydrogen-bond donors (Lipinski definition) is 0. The van der Waals surface area contributed by atoms with Crippen molar-refractivity contribution >= 4 is 0 Å². The number of nitrogens with zero attached hydrogens (tertiary/aromatic N) is 2. The van der Waals surface area contributed by atoms with Crippen LogP contribution in [-0.2, 0) is 7.05 Å². The fraction of sp³-hybridized carbons (Fsp3) is 0.273. The summed E-state index contributed by atoms with van der Waals surface area (Å²) >= 11 is 0. The summed E-state index contributed by atoms with van der Waals surface area (Å²) in [6.45, 7) is 2.44. The normalized spacial score (nSPS) is 10.5. The molecule has 0 atom stereocenters. The van der Waals surface area contributed by atoms with Crippen LogP contribution in [0, 0.1) is 0 Å². The molecule has 1 heterocycles. The van der Waals surface area contributed by atoms with Gasteiger partial charge in [0.1, 0.15) is 5.75 Å². The Morgan fingerprint density at radius 3 is 2.35 bits per heavy atom. The summed E-state index contributed by atoms with van der Waals surface area (Å²) in [5.41, 5.74) is -0.0630. The van der Waals surface area contributed by atoms with Gasteiger partial charge in [-0.2, -0.15) is 9.31 Å². The van der Waals surface area contributed by atoms with E-state index >= 15 is 0 Å². The SMILES string of the molecule is CCOc1ccc(-n2c(=O)on(C)c2=O)cc1. The van der Waals surface area contributed by atoms with E-state index in [2.05, 4.69) is 4.52 Å². The van der Waals surface area contributed by atoms with Crippen LogP contribution in [0.3, 0.4) is 0 Å². The Bertz CT molecular complexity index is 618. The van der Waals surface area contributed by atoms with E-state index in [-0.39, 0.29) is 0 Å². The van der Waals surface area contributed by atoms with Crippen molar-refractivity contribution in [1.29, 1.82) is 0 Å². The van der Waals surface area contributed by atoms with E-state index < -0.39 is 11.4 Å². The molecule has 90 valence electrons. The van der Waals surface area contributed by atoms with Crippen molar-refractivity contribution in [2.24, 2.45) is 7.05 Å². The number of ether oxygens (including phenoxy) is 1. The van der Waals surface area contributed by atoms with Gasteiger partial charge in [-0.05, 0) is 31.2 Å². The van der Waals surface area contributed by atoms with Gasteiger partial charge in [0.15, 0.2) is 0 Å². The molecular formula is C11H12N2O4. The average Bonchev–Trinajstić information content (AvgIpc) is 2.55. The molecule has 17 heavy (non-hydrogen) atoms. The molecule has 0 saturated heterocycles. The maximum atomic E-state index is 11.6. The van der Waals surface area contributed by atoms with Crippen LogP contribution in [0.2, 0.25) is 0 Å². The van der Waals surface area contributed by atoms with Crippen LogP contribution in [0.1, 0.15) is 6.92 Å². The molecule has 0 bridgehead atoms. The fourth-order valence-electron chi connectivity index (χ4n) is 1.49. The summed E-state index contributed by atoms with van der Waals surface area (Å²) < 4.78 is 11.8.